The summed E-state index contributed by atoms with van der Waals surface area (Å²) in [6.45, 7) is 0.871. The fourth-order valence-corrected chi connectivity index (χ4v) is 2.50. The molecule has 1 saturated heterocycles. The molecule has 1 aromatic rings. The molecule has 7 heteroatoms. The van der Waals surface area contributed by atoms with Crippen LogP contribution in [0.2, 0.25) is 0 Å². The minimum atomic E-state index is -1.07. The van der Waals surface area contributed by atoms with Crippen molar-refractivity contribution in [2.45, 2.75) is 11.0 Å². The smallest absolute Gasteiger partial charge is 0.254 e. The number of hydrogen-bond donors (Lipinski definition) is 1. The van der Waals surface area contributed by atoms with E-state index < -0.39 is 22.8 Å². The monoisotopic (exact) mass is 296 g/mol. The highest BCUT2D eigenvalue weighted by molar-refractivity contribution is 7.84. The summed E-state index contributed by atoms with van der Waals surface area (Å²) in [6.07, 6.45) is 0.825. The van der Waals surface area contributed by atoms with Crippen LogP contribution in [0.1, 0.15) is 10.4 Å². The average molecular weight is 296 g/mol. The maximum absolute atomic E-state index is 12.3. The lowest BCUT2D eigenvalue weighted by atomic mass is 10.1. The average Bonchev–Trinajstić information content (AvgIpc) is 2.46. The number of primary amides is 1. The van der Waals surface area contributed by atoms with Crippen LogP contribution in [-0.2, 0) is 20.3 Å². The van der Waals surface area contributed by atoms with E-state index in [0.717, 1.165) is 0 Å². The third-order valence-electron chi connectivity index (χ3n) is 3.10. The van der Waals surface area contributed by atoms with Crippen LogP contribution < -0.4 is 5.73 Å². The van der Waals surface area contributed by atoms with Crippen molar-refractivity contribution in [1.82, 2.24) is 4.90 Å². The summed E-state index contributed by atoms with van der Waals surface area (Å²) in [7, 11) is -1.07. The van der Waals surface area contributed by atoms with Crippen LogP contribution in [0.4, 0.5) is 0 Å². The summed E-state index contributed by atoms with van der Waals surface area (Å²) in [5.41, 5.74) is 5.68. The van der Waals surface area contributed by atoms with Gasteiger partial charge in [-0.05, 0) is 24.3 Å². The van der Waals surface area contributed by atoms with E-state index >= 15 is 0 Å². The van der Waals surface area contributed by atoms with Gasteiger partial charge in [0.25, 0.3) is 5.91 Å². The van der Waals surface area contributed by atoms with Gasteiger partial charge in [0.15, 0.2) is 6.10 Å². The van der Waals surface area contributed by atoms with Gasteiger partial charge in [0.2, 0.25) is 5.91 Å². The third-order valence-corrected chi connectivity index (χ3v) is 4.04. The quantitative estimate of drug-likeness (QED) is 0.833. The molecule has 0 aromatic heterocycles. The summed E-state index contributed by atoms with van der Waals surface area (Å²) in [4.78, 5) is 25.6. The summed E-state index contributed by atoms with van der Waals surface area (Å²) in [6, 6.07) is 6.59. The molecular formula is C13H16N2O4S. The molecule has 0 radical (unpaired) electrons. The number of nitrogens with two attached hydrogens (primary N) is 1. The van der Waals surface area contributed by atoms with Crippen molar-refractivity contribution in [1.29, 1.82) is 0 Å². The number of rotatable bonds is 3. The SMILES string of the molecule is C[S@](=O)c1ccc(C(=O)N2CCO[C@@H](C(N)=O)C2)cc1. The zero-order valence-electron chi connectivity index (χ0n) is 11.1. The fourth-order valence-electron chi connectivity index (χ4n) is 1.98. The van der Waals surface area contributed by atoms with Gasteiger partial charge in [-0.15, -0.1) is 0 Å². The van der Waals surface area contributed by atoms with Crippen LogP contribution in [0.25, 0.3) is 0 Å². The number of benzene rings is 1. The van der Waals surface area contributed by atoms with Gasteiger partial charge in [-0.2, -0.15) is 0 Å². The highest BCUT2D eigenvalue weighted by Crippen LogP contribution is 2.13. The maximum atomic E-state index is 12.3. The Hall–Kier alpha value is -1.73. The fraction of sp³-hybridized carbons (Fsp3) is 0.385. The number of morpholine rings is 1. The Kier molecular flexibility index (Phi) is 4.51. The van der Waals surface area contributed by atoms with Crippen molar-refractivity contribution in [2.75, 3.05) is 26.0 Å². The van der Waals surface area contributed by atoms with Crippen LogP contribution in [-0.4, -0.2) is 53.0 Å². The van der Waals surface area contributed by atoms with Crippen LogP contribution in [0.3, 0.4) is 0 Å². The zero-order valence-corrected chi connectivity index (χ0v) is 11.9. The third kappa shape index (κ3) is 3.23. The first-order valence-electron chi connectivity index (χ1n) is 6.12. The molecule has 2 amide bonds. The van der Waals surface area contributed by atoms with Gasteiger partial charge in [-0.3, -0.25) is 13.8 Å². The molecule has 1 aromatic carbocycles. The zero-order chi connectivity index (χ0) is 14.7. The Morgan fingerprint density at radius 1 is 1.35 bits per heavy atom. The molecule has 20 heavy (non-hydrogen) atoms. The normalized spacial score (nSPS) is 20.4. The summed E-state index contributed by atoms with van der Waals surface area (Å²) in [5, 5.41) is 0. The topological polar surface area (TPSA) is 89.7 Å². The second kappa shape index (κ2) is 6.15. The molecule has 6 nitrogen and oxygen atoms in total. The van der Waals surface area contributed by atoms with Crippen LogP contribution >= 0.6 is 0 Å². The van der Waals surface area contributed by atoms with Crippen LogP contribution in [0.15, 0.2) is 29.2 Å². The van der Waals surface area contributed by atoms with E-state index in [1.165, 1.54) is 4.90 Å². The molecule has 1 aliphatic rings. The van der Waals surface area contributed by atoms with Crippen molar-refractivity contribution in [2.24, 2.45) is 5.73 Å². The lowest BCUT2D eigenvalue weighted by molar-refractivity contribution is -0.133. The first-order chi connectivity index (χ1) is 9.49. The molecule has 1 fully saturated rings. The van der Waals surface area contributed by atoms with Gasteiger partial charge in [0.05, 0.1) is 13.2 Å². The molecule has 0 saturated carbocycles. The lowest BCUT2D eigenvalue weighted by Gasteiger charge is -2.31. The lowest BCUT2D eigenvalue weighted by Crippen LogP contribution is -2.50. The Morgan fingerprint density at radius 3 is 2.55 bits per heavy atom. The minimum Gasteiger partial charge on any atom is -0.367 e. The van der Waals surface area contributed by atoms with E-state index in [2.05, 4.69) is 0 Å². The molecule has 2 N–H and O–H groups in total. The number of nitrogens with zero attached hydrogens (tertiary/aromatic N) is 1. The second-order valence-electron chi connectivity index (χ2n) is 4.49. The standard InChI is InChI=1S/C13H16N2O4S/c1-20(18)10-4-2-9(3-5-10)13(17)15-6-7-19-11(8-15)12(14)16/h2-5,11H,6-8H2,1H3,(H2,14,16)/t11-,20+/m1/s1. The van der Waals surface area contributed by atoms with Crippen molar-refractivity contribution < 1.29 is 18.5 Å². The Labute approximate surface area is 119 Å². The molecule has 0 unspecified atom stereocenters. The summed E-state index contributed by atoms with van der Waals surface area (Å²) in [5.74, 6) is -0.757. The van der Waals surface area contributed by atoms with E-state index in [-0.39, 0.29) is 19.1 Å². The molecular weight excluding hydrogens is 280 g/mol. The van der Waals surface area contributed by atoms with Gasteiger partial charge in [-0.1, -0.05) is 0 Å². The van der Waals surface area contributed by atoms with Crippen LogP contribution in [0.5, 0.6) is 0 Å². The Balaban J connectivity index is 2.10. The number of amides is 2. The van der Waals surface area contributed by atoms with E-state index in [0.29, 0.717) is 17.0 Å². The maximum Gasteiger partial charge on any atom is 0.254 e. The van der Waals surface area contributed by atoms with Gasteiger partial charge in [0.1, 0.15) is 0 Å². The molecule has 1 heterocycles. The van der Waals surface area contributed by atoms with E-state index in [9.17, 15) is 13.8 Å². The number of hydrogen-bond acceptors (Lipinski definition) is 4. The minimum absolute atomic E-state index is 0.162. The van der Waals surface area contributed by atoms with Crippen molar-refractivity contribution in [3.8, 4) is 0 Å². The van der Waals surface area contributed by atoms with Gasteiger partial charge in [-0.25, -0.2) is 0 Å². The van der Waals surface area contributed by atoms with Crippen molar-refractivity contribution >= 4 is 22.6 Å². The van der Waals surface area contributed by atoms with Crippen molar-refractivity contribution in [3.63, 3.8) is 0 Å². The van der Waals surface area contributed by atoms with E-state index in [1.807, 2.05) is 0 Å². The highest BCUT2D eigenvalue weighted by Gasteiger charge is 2.28. The number of ether oxygens (including phenoxy) is 1. The Bertz CT molecular complexity index is 544. The predicted octanol–water partition coefficient (Wildman–Crippen LogP) is -0.250. The summed E-state index contributed by atoms with van der Waals surface area (Å²) < 4.78 is 16.5. The first-order valence-corrected chi connectivity index (χ1v) is 7.68. The predicted molar refractivity (Wildman–Crippen MR) is 73.6 cm³/mol. The molecule has 2 rings (SSSR count). The molecule has 0 aliphatic carbocycles. The molecule has 0 bridgehead atoms. The number of carbonyl (C=O) groups excluding carboxylic acids is 2. The van der Waals surface area contributed by atoms with E-state index in [4.69, 9.17) is 10.5 Å². The largest absolute Gasteiger partial charge is 0.367 e. The first kappa shape index (κ1) is 14.7. The number of carbonyl (C=O) groups is 2. The molecule has 108 valence electrons. The van der Waals surface area contributed by atoms with Gasteiger partial charge < -0.3 is 15.4 Å². The Morgan fingerprint density at radius 2 is 2.00 bits per heavy atom. The van der Waals surface area contributed by atoms with Crippen molar-refractivity contribution in [3.05, 3.63) is 29.8 Å². The molecule has 2 atom stereocenters. The molecule has 1 aliphatic heterocycles. The van der Waals surface area contributed by atoms with Gasteiger partial charge >= 0.3 is 0 Å². The second-order valence-corrected chi connectivity index (χ2v) is 5.87. The van der Waals surface area contributed by atoms with E-state index in [1.54, 1.807) is 30.5 Å². The van der Waals surface area contributed by atoms with Gasteiger partial charge in [0, 0.05) is 34.1 Å². The highest BCUT2D eigenvalue weighted by atomic mass is 32.2. The summed E-state index contributed by atoms with van der Waals surface area (Å²) >= 11 is 0. The van der Waals surface area contributed by atoms with Crippen LogP contribution in [0, 0.1) is 0 Å². The molecule has 0 spiro atoms.